The van der Waals surface area contributed by atoms with E-state index in [0.29, 0.717) is 6.42 Å². The molecule has 0 aliphatic rings. The summed E-state index contributed by atoms with van der Waals surface area (Å²) in [6.45, 7) is 0.260. The van der Waals surface area contributed by atoms with Crippen molar-refractivity contribution < 1.29 is 9.31 Å². The number of rotatable bonds is 5. The molecular formula is C10H9FN4O2. The smallest absolute Gasteiger partial charge is 0.258 e. The molecule has 0 spiro atoms. The maximum absolute atomic E-state index is 12.9. The van der Waals surface area contributed by atoms with Crippen LogP contribution in [0.1, 0.15) is 12.0 Å². The number of benzene rings is 1. The second kappa shape index (κ2) is 6.24. The summed E-state index contributed by atoms with van der Waals surface area (Å²) in [6, 6.07) is 3.24. The summed E-state index contributed by atoms with van der Waals surface area (Å²) in [5.74, 6) is -0.537. The van der Waals surface area contributed by atoms with Crippen LogP contribution in [0.25, 0.3) is 16.5 Å². The quantitative estimate of drug-likeness (QED) is 0.195. The van der Waals surface area contributed by atoms with Gasteiger partial charge in [0.2, 0.25) is 0 Å². The van der Waals surface area contributed by atoms with E-state index in [1.54, 1.807) is 6.08 Å². The van der Waals surface area contributed by atoms with E-state index in [2.05, 4.69) is 10.0 Å². The lowest BCUT2D eigenvalue weighted by Gasteiger charge is -1.97. The molecule has 1 aromatic carbocycles. The van der Waals surface area contributed by atoms with Crippen LogP contribution >= 0.6 is 0 Å². The summed E-state index contributed by atoms with van der Waals surface area (Å²) >= 11 is 0. The third-order valence-electron chi connectivity index (χ3n) is 1.94. The van der Waals surface area contributed by atoms with Crippen molar-refractivity contribution >= 4 is 11.8 Å². The van der Waals surface area contributed by atoms with Crippen LogP contribution in [-0.4, -0.2) is 11.5 Å². The van der Waals surface area contributed by atoms with Crippen molar-refractivity contribution in [2.45, 2.75) is 6.42 Å². The minimum Gasteiger partial charge on any atom is -0.258 e. The number of halogens is 1. The summed E-state index contributed by atoms with van der Waals surface area (Å²) in [5, 5.41) is 14.0. The van der Waals surface area contributed by atoms with E-state index < -0.39 is 10.7 Å². The van der Waals surface area contributed by atoms with Gasteiger partial charge in [-0.25, -0.2) is 4.39 Å². The Labute approximate surface area is 96.2 Å². The Balaban J connectivity index is 2.84. The normalized spacial score (nSPS) is 10.2. The van der Waals surface area contributed by atoms with E-state index in [1.165, 1.54) is 6.08 Å². The van der Waals surface area contributed by atoms with Crippen molar-refractivity contribution in [1.29, 1.82) is 0 Å². The van der Waals surface area contributed by atoms with Gasteiger partial charge < -0.3 is 0 Å². The molecule has 0 bridgehead atoms. The number of azide groups is 1. The fourth-order valence-corrected chi connectivity index (χ4v) is 1.21. The summed E-state index contributed by atoms with van der Waals surface area (Å²) in [5.41, 5.74) is 8.06. The molecule has 7 heteroatoms. The van der Waals surface area contributed by atoms with Crippen molar-refractivity contribution in [3.8, 4) is 0 Å². The molecular weight excluding hydrogens is 227 g/mol. The van der Waals surface area contributed by atoms with Crippen LogP contribution in [-0.2, 0) is 0 Å². The van der Waals surface area contributed by atoms with E-state index in [9.17, 15) is 14.5 Å². The Hall–Kier alpha value is -2.40. The van der Waals surface area contributed by atoms with Crippen molar-refractivity contribution in [1.82, 2.24) is 0 Å². The second-order valence-electron chi connectivity index (χ2n) is 3.11. The van der Waals surface area contributed by atoms with Crippen LogP contribution in [0, 0.1) is 15.9 Å². The zero-order chi connectivity index (χ0) is 12.7. The lowest BCUT2D eigenvalue weighted by Crippen LogP contribution is -1.92. The Bertz CT molecular complexity index is 495. The molecule has 0 fully saturated rings. The summed E-state index contributed by atoms with van der Waals surface area (Å²) in [6.07, 6.45) is 3.47. The topological polar surface area (TPSA) is 91.9 Å². The van der Waals surface area contributed by atoms with E-state index in [4.69, 9.17) is 5.53 Å². The van der Waals surface area contributed by atoms with Crippen LogP contribution in [0.15, 0.2) is 29.4 Å². The van der Waals surface area contributed by atoms with E-state index >= 15 is 0 Å². The average Bonchev–Trinajstić information content (AvgIpc) is 2.28. The first-order valence-corrected chi connectivity index (χ1v) is 4.76. The predicted octanol–water partition coefficient (Wildman–Crippen LogP) is 3.45. The number of hydrogen-bond donors (Lipinski definition) is 0. The highest BCUT2D eigenvalue weighted by Gasteiger charge is 2.11. The maximum atomic E-state index is 12.9. The molecule has 88 valence electrons. The molecule has 0 aliphatic heterocycles. The Morgan fingerprint density at radius 2 is 2.35 bits per heavy atom. The summed E-state index contributed by atoms with van der Waals surface area (Å²) in [4.78, 5) is 12.6. The van der Waals surface area contributed by atoms with Gasteiger partial charge in [-0.15, -0.1) is 0 Å². The maximum Gasteiger partial charge on any atom is 0.276 e. The molecule has 1 aromatic rings. The zero-order valence-corrected chi connectivity index (χ0v) is 8.78. The Morgan fingerprint density at radius 1 is 1.59 bits per heavy atom. The zero-order valence-electron chi connectivity index (χ0n) is 8.78. The van der Waals surface area contributed by atoms with Crippen LogP contribution in [0.2, 0.25) is 0 Å². The second-order valence-corrected chi connectivity index (χ2v) is 3.11. The van der Waals surface area contributed by atoms with E-state index in [0.717, 1.165) is 18.2 Å². The van der Waals surface area contributed by atoms with Crippen molar-refractivity contribution in [3.05, 3.63) is 56.2 Å². The number of nitrogens with zero attached hydrogens (tertiary/aromatic N) is 4. The molecule has 0 atom stereocenters. The number of hydrogen-bond acceptors (Lipinski definition) is 3. The number of nitro benzene ring substituents is 1. The molecule has 0 N–H and O–H groups in total. The minimum atomic E-state index is -0.577. The SMILES string of the molecule is [N-]=[N+]=NCCC=Cc1cc(F)ccc1[N+](=O)[O-]. The van der Waals surface area contributed by atoms with E-state index in [-0.39, 0.29) is 17.8 Å². The predicted molar refractivity (Wildman–Crippen MR) is 60.7 cm³/mol. The summed E-state index contributed by atoms with van der Waals surface area (Å²) in [7, 11) is 0. The van der Waals surface area contributed by atoms with Crippen LogP contribution in [0.5, 0.6) is 0 Å². The lowest BCUT2D eigenvalue weighted by molar-refractivity contribution is -0.385. The minimum absolute atomic E-state index is 0.161. The van der Waals surface area contributed by atoms with Gasteiger partial charge >= 0.3 is 0 Å². The summed E-state index contributed by atoms with van der Waals surface area (Å²) < 4.78 is 12.9. The standard InChI is InChI=1S/C10H9FN4O2/c11-9-4-5-10(15(16)17)8(7-9)3-1-2-6-13-14-12/h1,3-5,7H,2,6H2. The Morgan fingerprint density at radius 3 is 3.00 bits per heavy atom. The fraction of sp³-hybridized carbons (Fsp3) is 0.200. The molecule has 0 unspecified atom stereocenters. The molecule has 0 aliphatic carbocycles. The van der Waals surface area contributed by atoms with Gasteiger partial charge in [-0.1, -0.05) is 17.3 Å². The van der Waals surface area contributed by atoms with Crippen LogP contribution in [0.4, 0.5) is 10.1 Å². The molecule has 0 aromatic heterocycles. The molecule has 0 heterocycles. The molecule has 1 rings (SSSR count). The third-order valence-corrected chi connectivity index (χ3v) is 1.94. The van der Waals surface area contributed by atoms with Crippen LogP contribution in [0.3, 0.4) is 0 Å². The molecule has 6 nitrogen and oxygen atoms in total. The highest BCUT2D eigenvalue weighted by molar-refractivity contribution is 5.60. The molecule has 0 amide bonds. The monoisotopic (exact) mass is 236 g/mol. The largest absolute Gasteiger partial charge is 0.276 e. The van der Waals surface area contributed by atoms with Crippen molar-refractivity contribution in [2.24, 2.45) is 5.11 Å². The van der Waals surface area contributed by atoms with Gasteiger partial charge in [0, 0.05) is 17.5 Å². The van der Waals surface area contributed by atoms with Gasteiger partial charge in [-0.3, -0.25) is 10.1 Å². The number of nitro groups is 1. The van der Waals surface area contributed by atoms with Gasteiger partial charge in [0.15, 0.2) is 0 Å². The average molecular weight is 236 g/mol. The first kappa shape index (κ1) is 12.7. The van der Waals surface area contributed by atoms with Gasteiger partial charge in [-0.2, -0.15) is 0 Å². The lowest BCUT2D eigenvalue weighted by atomic mass is 10.1. The van der Waals surface area contributed by atoms with Gasteiger partial charge in [0.1, 0.15) is 5.82 Å². The van der Waals surface area contributed by atoms with Gasteiger partial charge in [0.05, 0.1) is 10.5 Å². The molecule has 0 saturated heterocycles. The van der Waals surface area contributed by atoms with Gasteiger partial charge in [-0.05, 0) is 24.1 Å². The van der Waals surface area contributed by atoms with Gasteiger partial charge in [0.25, 0.3) is 5.69 Å². The fourth-order valence-electron chi connectivity index (χ4n) is 1.21. The third kappa shape index (κ3) is 3.92. The molecule has 0 radical (unpaired) electrons. The van der Waals surface area contributed by atoms with E-state index in [1.807, 2.05) is 0 Å². The first-order valence-electron chi connectivity index (χ1n) is 4.76. The van der Waals surface area contributed by atoms with Crippen molar-refractivity contribution in [3.63, 3.8) is 0 Å². The molecule has 0 saturated carbocycles. The Kier molecular flexibility index (Phi) is 4.65. The highest BCUT2D eigenvalue weighted by atomic mass is 19.1. The molecule has 17 heavy (non-hydrogen) atoms. The first-order chi connectivity index (χ1) is 8.15. The highest BCUT2D eigenvalue weighted by Crippen LogP contribution is 2.20. The van der Waals surface area contributed by atoms with Crippen molar-refractivity contribution in [2.75, 3.05) is 6.54 Å². The van der Waals surface area contributed by atoms with Crippen LogP contribution < -0.4 is 0 Å².